The lowest BCUT2D eigenvalue weighted by Crippen LogP contribution is -2.32. The summed E-state index contributed by atoms with van der Waals surface area (Å²) >= 11 is 0. The van der Waals surface area contributed by atoms with Crippen LogP contribution in [0, 0.1) is 0 Å². The van der Waals surface area contributed by atoms with Gasteiger partial charge in [-0.05, 0) is 45.1 Å². The molecule has 0 bridgehead atoms. The Morgan fingerprint density at radius 2 is 1.95 bits per heavy atom. The smallest absolute Gasteiger partial charge is 0.119 e. The fourth-order valence-electron chi connectivity index (χ4n) is 2.21. The highest BCUT2D eigenvalue weighted by molar-refractivity contribution is 5.29. The van der Waals surface area contributed by atoms with Gasteiger partial charge in [0.2, 0.25) is 0 Å². The molecule has 1 aromatic rings. The van der Waals surface area contributed by atoms with Gasteiger partial charge >= 0.3 is 0 Å². The summed E-state index contributed by atoms with van der Waals surface area (Å²) in [6, 6.07) is 8.67. The fourth-order valence-corrected chi connectivity index (χ4v) is 2.21. The summed E-state index contributed by atoms with van der Waals surface area (Å²) in [6.07, 6.45) is 1.06. The van der Waals surface area contributed by atoms with E-state index in [1.165, 1.54) is 5.56 Å². The molecular weight excluding hydrogens is 252 g/mol. The van der Waals surface area contributed by atoms with Gasteiger partial charge in [0.05, 0.1) is 6.61 Å². The number of benzene rings is 1. The molecule has 0 radical (unpaired) electrons. The number of likely N-dealkylation sites (N-methyl/N-ethyl adjacent to an activating group) is 2. The number of methoxy groups -OCH3 is 1. The summed E-state index contributed by atoms with van der Waals surface area (Å²) in [5.74, 6) is 0.930. The monoisotopic (exact) mass is 280 g/mol. The molecule has 0 heterocycles. The van der Waals surface area contributed by atoms with E-state index in [2.05, 4.69) is 29.4 Å². The minimum Gasteiger partial charge on any atom is -0.494 e. The molecule has 4 nitrogen and oxygen atoms in total. The zero-order chi connectivity index (χ0) is 14.8. The third-order valence-corrected chi connectivity index (χ3v) is 3.32. The summed E-state index contributed by atoms with van der Waals surface area (Å²) in [5, 5.41) is 3.38. The maximum absolute atomic E-state index is 5.48. The first-order valence-electron chi connectivity index (χ1n) is 7.28. The van der Waals surface area contributed by atoms with Crippen LogP contribution in [-0.4, -0.2) is 52.4 Å². The highest BCUT2D eigenvalue weighted by Gasteiger charge is 2.12. The molecule has 1 aromatic carbocycles. The Morgan fingerprint density at radius 3 is 2.50 bits per heavy atom. The highest BCUT2D eigenvalue weighted by Crippen LogP contribution is 2.18. The van der Waals surface area contributed by atoms with Gasteiger partial charge < -0.3 is 19.7 Å². The molecule has 0 aliphatic rings. The lowest BCUT2D eigenvalue weighted by molar-refractivity contribution is 0.176. The predicted octanol–water partition coefficient (Wildman–Crippen LogP) is 2.31. The summed E-state index contributed by atoms with van der Waals surface area (Å²) in [7, 11) is 5.90. The molecule has 0 aliphatic carbocycles. The standard InChI is InChI=1S/C16H28N2O2/c1-5-20-15-9-7-14(8-10-15)16(17-2)13-18(3)11-6-12-19-4/h7-10,16-17H,5-6,11-13H2,1-4H3. The van der Waals surface area contributed by atoms with Crippen molar-refractivity contribution in [3.8, 4) is 5.75 Å². The van der Waals surface area contributed by atoms with E-state index in [0.717, 1.165) is 31.9 Å². The molecule has 1 rings (SSSR count). The number of hydrogen-bond acceptors (Lipinski definition) is 4. The van der Waals surface area contributed by atoms with Gasteiger partial charge in [-0.2, -0.15) is 0 Å². The molecule has 0 aromatic heterocycles. The van der Waals surface area contributed by atoms with Crippen LogP contribution in [0.25, 0.3) is 0 Å². The van der Waals surface area contributed by atoms with Crippen LogP contribution in [-0.2, 0) is 4.74 Å². The molecule has 0 saturated carbocycles. The molecule has 1 atom stereocenters. The van der Waals surface area contributed by atoms with Crippen molar-refractivity contribution >= 4 is 0 Å². The zero-order valence-corrected chi connectivity index (χ0v) is 13.2. The van der Waals surface area contributed by atoms with Gasteiger partial charge in [0.15, 0.2) is 0 Å². The molecular formula is C16H28N2O2. The van der Waals surface area contributed by atoms with E-state index in [-0.39, 0.29) is 0 Å². The van der Waals surface area contributed by atoms with Crippen molar-refractivity contribution in [2.24, 2.45) is 0 Å². The Labute approximate surface area is 123 Å². The number of ether oxygens (including phenoxy) is 2. The molecule has 0 fully saturated rings. The second-order valence-corrected chi connectivity index (χ2v) is 4.95. The maximum atomic E-state index is 5.48. The Bertz CT molecular complexity index is 354. The molecule has 0 spiro atoms. The van der Waals surface area contributed by atoms with Crippen molar-refractivity contribution < 1.29 is 9.47 Å². The van der Waals surface area contributed by atoms with Crippen LogP contribution >= 0.6 is 0 Å². The van der Waals surface area contributed by atoms with Crippen molar-refractivity contribution in [3.05, 3.63) is 29.8 Å². The molecule has 20 heavy (non-hydrogen) atoms. The summed E-state index contributed by atoms with van der Waals surface area (Å²) < 4.78 is 10.6. The van der Waals surface area contributed by atoms with E-state index in [9.17, 15) is 0 Å². The summed E-state index contributed by atoms with van der Waals surface area (Å²) in [6.45, 7) is 5.55. The first-order chi connectivity index (χ1) is 9.71. The number of hydrogen-bond donors (Lipinski definition) is 1. The van der Waals surface area contributed by atoms with Gasteiger partial charge in [-0.25, -0.2) is 0 Å². The van der Waals surface area contributed by atoms with Gasteiger partial charge in [-0.3, -0.25) is 0 Å². The van der Waals surface area contributed by atoms with Gasteiger partial charge in [0, 0.05) is 32.8 Å². The van der Waals surface area contributed by atoms with Crippen LogP contribution < -0.4 is 10.1 Å². The minimum atomic E-state index is 0.332. The second-order valence-electron chi connectivity index (χ2n) is 4.95. The van der Waals surface area contributed by atoms with Gasteiger partial charge in [-0.1, -0.05) is 12.1 Å². The van der Waals surface area contributed by atoms with Crippen LogP contribution in [0.15, 0.2) is 24.3 Å². The van der Waals surface area contributed by atoms with Crippen molar-refractivity contribution in [3.63, 3.8) is 0 Å². The molecule has 1 N–H and O–H groups in total. The Balaban J connectivity index is 2.52. The number of nitrogens with one attached hydrogen (secondary N) is 1. The Kier molecular flexibility index (Phi) is 8.26. The van der Waals surface area contributed by atoms with E-state index >= 15 is 0 Å². The normalized spacial score (nSPS) is 12.7. The average molecular weight is 280 g/mol. The lowest BCUT2D eigenvalue weighted by atomic mass is 10.1. The first kappa shape index (κ1) is 17.0. The van der Waals surface area contributed by atoms with Crippen LogP contribution in [0.4, 0.5) is 0 Å². The Hall–Kier alpha value is -1.10. The van der Waals surface area contributed by atoms with Gasteiger partial charge in [0.25, 0.3) is 0 Å². The van der Waals surface area contributed by atoms with Crippen LogP contribution in [0.1, 0.15) is 24.9 Å². The molecule has 114 valence electrons. The van der Waals surface area contributed by atoms with Crippen molar-refractivity contribution in [2.75, 3.05) is 47.5 Å². The van der Waals surface area contributed by atoms with Crippen molar-refractivity contribution in [1.29, 1.82) is 0 Å². The van der Waals surface area contributed by atoms with E-state index in [0.29, 0.717) is 12.6 Å². The van der Waals surface area contributed by atoms with E-state index in [1.54, 1.807) is 7.11 Å². The Morgan fingerprint density at radius 1 is 1.25 bits per heavy atom. The van der Waals surface area contributed by atoms with Crippen LogP contribution in [0.5, 0.6) is 5.75 Å². The quantitative estimate of drug-likeness (QED) is 0.667. The molecule has 1 unspecified atom stereocenters. The third kappa shape index (κ3) is 5.90. The first-order valence-corrected chi connectivity index (χ1v) is 7.28. The van der Waals surface area contributed by atoms with E-state index < -0.39 is 0 Å². The maximum Gasteiger partial charge on any atom is 0.119 e. The summed E-state index contributed by atoms with van der Waals surface area (Å²) in [4.78, 5) is 2.33. The molecule has 0 amide bonds. The molecule has 4 heteroatoms. The zero-order valence-electron chi connectivity index (χ0n) is 13.2. The van der Waals surface area contributed by atoms with E-state index in [4.69, 9.17) is 9.47 Å². The van der Waals surface area contributed by atoms with Gasteiger partial charge in [-0.15, -0.1) is 0 Å². The molecule has 0 aliphatic heterocycles. The predicted molar refractivity (Wildman–Crippen MR) is 83.4 cm³/mol. The van der Waals surface area contributed by atoms with Gasteiger partial charge in [0.1, 0.15) is 5.75 Å². The summed E-state index contributed by atoms with van der Waals surface area (Å²) in [5.41, 5.74) is 1.29. The number of rotatable bonds is 10. The van der Waals surface area contributed by atoms with Crippen LogP contribution in [0.2, 0.25) is 0 Å². The number of nitrogens with zero attached hydrogens (tertiary/aromatic N) is 1. The van der Waals surface area contributed by atoms with Crippen molar-refractivity contribution in [1.82, 2.24) is 10.2 Å². The van der Waals surface area contributed by atoms with Crippen LogP contribution in [0.3, 0.4) is 0 Å². The second kappa shape index (κ2) is 9.75. The fraction of sp³-hybridized carbons (Fsp3) is 0.625. The largest absolute Gasteiger partial charge is 0.494 e. The lowest BCUT2D eigenvalue weighted by Gasteiger charge is -2.24. The average Bonchev–Trinajstić information content (AvgIpc) is 2.46. The highest BCUT2D eigenvalue weighted by atomic mass is 16.5. The SMILES string of the molecule is CCOc1ccc(C(CN(C)CCCOC)NC)cc1. The third-order valence-electron chi connectivity index (χ3n) is 3.32. The van der Waals surface area contributed by atoms with Crippen molar-refractivity contribution in [2.45, 2.75) is 19.4 Å². The molecule has 0 saturated heterocycles. The topological polar surface area (TPSA) is 33.7 Å². The minimum absolute atomic E-state index is 0.332. The van der Waals surface area contributed by atoms with E-state index in [1.807, 2.05) is 26.1 Å².